The van der Waals surface area contributed by atoms with Gasteiger partial charge in [0.25, 0.3) is 0 Å². The molecule has 0 fully saturated rings. The molecule has 132 valence electrons. The highest BCUT2D eigenvalue weighted by Gasteiger charge is 2.22. The number of hydrogen-bond donors (Lipinski definition) is 0. The van der Waals surface area contributed by atoms with Gasteiger partial charge in [-0.3, -0.25) is 13.9 Å². The Hall–Kier alpha value is -2.38. The second-order valence-electron chi connectivity index (χ2n) is 5.20. The Morgan fingerprint density at radius 3 is 2.36 bits per heavy atom. The summed E-state index contributed by atoms with van der Waals surface area (Å²) in [4.78, 5) is 23.9. The molecule has 25 heavy (non-hydrogen) atoms. The first kappa shape index (κ1) is 19.0. The lowest BCUT2D eigenvalue weighted by molar-refractivity contribution is -0.140. The summed E-state index contributed by atoms with van der Waals surface area (Å²) in [6.45, 7) is -1.02. The molecule has 2 aromatic rings. The highest BCUT2D eigenvalue weighted by Crippen LogP contribution is 2.21. The average Bonchev–Trinajstić information content (AvgIpc) is 2.57. The molecule has 0 atom stereocenters. The number of halogens is 1. The fourth-order valence-corrected chi connectivity index (χ4v) is 3.07. The lowest BCUT2D eigenvalue weighted by Gasteiger charge is -2.21. The monoisotopic (exact) mass is 381 g/mol. The Labute approximate surface area is 151 Å². The lowest BCUT2D eigenvalue weighted by atomic mass is 10.1. The van der Waals surface area contributed by atoms with Gasteiger partial charge in [0.2, 0.25) is 10.0 Å². The Bertz CT molecular complexity index is 868. The third-order valence-electron chi connectivity index (χ3n) is 3.23. The molecule has 0 saturated carbocycles. The van der Waals surface area contributed by atoms with E-state index in [2.05, 4.69) is 0 Å². The smallest absolute Gasteiger partial charge is 0.327 e. The fourth-order valence-electron chi connectivity index (χ4n) is 2.05. The highest BCUT2D eigenvalue weighted by atomic mass is 35.5. The molecule has 0 saturated heterocycles. The first-order valence-electron chi connectivity index (χ1n) is 7.24. The van der Waals surface area contributed by atoms with Crippen molar-refractivity contribution < 1.29 is 22.7 Å². The zero-order valence-electron chi connectivity index (χ0n) is 13.4. The first-order valence-corrected chi connectivity index (χ1v) is 9.47. The van der Waals surface area contributed by atoms with Crippen LogP contribution in [0.25, 0.3) is 0 Å². The van der Waals surface area contributed by atoms with Gasteiger partial charge in [-0.2, -0.15) is 0 Å². The standard InChI is InChI=1S/C17H16ClNO5S/c1-25(22,23)19(15-9-5-8-14(18)10-15)11-17(21)24-12-16(20)13-6-3-2-4-7-13/h2-10H,11-12H2,1H3. The minimum atomic E-state index is -3.73. The minimum absolute atomic E-state index is 0.237. The number of hydrogen-bond acceptors (Lipinski definition) is 5. The summed E-state index contributed by atoms with van der Waals surface area (Å²) >= 11 is 5.86. The number of ketones is 1. The summed E-state index contributed by atoms with van der Waals surface area (Å²) in [5.74, 6) is -1.21. The van der Waals surface area contributed by atoms with Crippen LogP contribution in [-0.4, -0.2) is 39.6 Å². The van der Waals surface area contributed by atoms with Gasteiger partial charge in [-0.25, -0.2) is 8.42 Å². The highest BCUT2D eigenvalue weighted by molar-refractivity contribution is 7.92. The number of carbonyl (C=O) groups excluding carboxylic acids is 2. The maximum absolute atomic E-state index is 12.0. The van der Waals surface area contributed by atoms with Crippen LogP contribution >= 0.6 is 11.6 Å². The van der Waals surface area contributed by atoms with Crippen molar-refractivity contribution in [3.05, 3.63) is 65.2 Å². The van der Waals surface area contributed by atoms with Gasteiger partial charge in [0, 0.05) is 10.6 Å². The summed E-state index contributed by atoms with van der Waals surface area (Å²) in [7, 11) is -3.73. The van der Waals surface area contributed by atoms with E-state index in [0.29, 0.717) is 10.6 Å². The van der Waals surface area contributed by atoms with Gasteiger partial charge in [0.15, 0.2) is 12.4 Å². The molecule has 0 aliphatic rings. The largest absolute Gasteiger partial charge is 0.456 e. The molecule has 0 aliphatic carbocycles. The Kier molecular flexibility index (Phi) is 6.17. The Morgan fingerprint density at radius 2 is 1.76 bits per heavy atom. The second-order valence-corrected chi connectivity index (χ2v) is 7.54. The van der Waals surface area contributed by atoms with E-state index in [0.717, 1.165) is 10.6 Å². The van der Waals surface area contributed by atoms with Crippen molar-refractivity contribution in [3.8, 4) is 0 Å². The van der Waals surface area contributed by atoms with Gasteiger partial charge in [0.05, 0.1) is 11.9 Å². The molecule has 8 heteroatoms. The van der Waals surface area contributed by atoms with Crippen LogP contribution in [0.2, 0.25) is 5.02 Å². The maximum atomic E-state index is 12.0. The maximum Gasteiger partial charge on any atom is 0.327 e. The van der Waals surface area contributed by atoms with E-state index in [-0.39, 0.29) is 11.5 Å². The summed E-state index contributed by atoms with van der Waals surface area (Å²) in [6, 6.07) is 14.4. The van der Waals surface area contributed by atoms with Crippen LogP contribution in [-0.2, 0) is 19.6 Å². The zero-order valence-corrected chi connectivity index (χ0v) is 15.0. The zero-order chi connectivity index (χ0) is 18.4. The van der Waals surface area contributed by atoms with Crippen molar-refractivity contribution in [1.29, 1.82) is 0 Å². The SMILES string of the molecule is CS(=O)(=O)N(CC(=O)OCC(=O)c1ccccc1)c1cccc(Cl)c1. The van der Waals surface area contributed by atoms with Crippen LogP contribution in [0, 0.1) is 0 Å². The predicted molar refractivity (Wildman–Crippen MR) is 95.4 cm³/mol. The number of ether oxygens (including phenoxy) is 1. The summed E-state index contributed by atoms with van der Waals surface area (Å²) < 4.78 is 29.7. The van der Waals surface area contributed by atoms with E-state index in [9.17, 15) is 18.0 Å². The molecule has 0 spiro atoms. The number of esters is 1. The van der Waals surface area contributed by atoms with Crippen molar-refractivity contribution >= 4 is 39.1 Å². The van der Waals surface area contributed by atoms with Crippen molar-refractivity contribution in [3.63, 3.8) is 0 Å². The number of carbonyl (C=O) groups is 2. The normalized spacial score (nSPS) is 11.0. The molecular weight excluding hydrogens is 366 g/mol. The number of Topliss-reactive ketones (excluding diaryl/α,β-unsaturated/α-hetero) is 1. The van der Waals surface area contributed by atoms with Gasteiger partial charge in [-0.05, 0) is 18.2 Å². The molecule has 0 radical (unpaired) electrons. The predicted octanol–water partition coefficient (Wildman–Crippen LogP) is 2.53. The molecule has 0 unspecified atom stereocenters. The number of sulfonamides is 1. The van der Waals surface area contributed by atoms with Crippen LogP contribution < -0.4 is 4.31 Å². The third kappa shape index (κ3) is 5.58. The Morgan fingerprint density at radius 1 is 1.08 bits per heavy atom. The molecule has 0 bridgehead atoms. The third-order valence-corrected chi connectivity index (χ3v) is 4.60. The van der Waals surface area contributed by atoms with Crippen LogP contribution in [0.4, 0.5) is 5.69 Å². The van der Waals surface area contributed by atoms with Gasteiger partial charge in [0.1, 0.15) is 6.54 Å². The second kappa shape index (κ2) is 8.13. The summed E-state index contributed by atoms with van der Waals surface area (Å²) in [6.07, 6.45) is 0.969. The van der Waals surface area contributed by atoms with Crippen LogP contribution in [0.5, 0.6) is 0 Å². The lowest BCUT2D eigenvalue weighted by Crippen LogP contribution is -2.36. The molecule has 0 aliphatic heterocycles. The number of nitrogens with zero attached hydrogens (tertiary/aromatic N) is 1. The van der Waals surface area contributed by atoms with Gasteiger partial charge < -0.3 is 4.74 Å². The van der Waals surface area contributed by atoms with E-state index < -0.39 is 29.1 Å². The van der Waals surface area contributed by atoms with E-state index in [1.807, 2.05) is 0 Å². The molecule has 0 heterocycles. The number of rotatable bonds is 7. The van der Waals surface area contributed by atoms with Crippen LogP contribution in [0.15, 0.2) is 54.6 Å². The van der Waals surface area contributed by atoms with Crippen molar-refractivity contribution in [2.75, 3.05) is 23.7 Å². The Balaban J connectivity index is 2.04. The van der Waals surface area contributed by atoms with Gasteiger partial charge in [-0.15, -0.1) is 0 Å². The van der Waals surface area contributed by atoms with Gasteiger partial charge in [-0.1, -0.05) is 48.0 Å². The average molecular weight is 382 g/mol. The van der Waals surface area contributed by atoms with E-state index >= 15 is 0 Å². The van der Waals surface area contributed by atoms with E-state index in [4.69, 9.17) is 16.3 Å². The fraction of sp³-hybridized carbons (Fsp3) is 0.176. The van der Waals surface area contributed by atoms with Crippen molar-refractivity contribution in [2.45, 2.75) is 0 Å². The number of benzene rings is 2. The molecule has 0 N–H and O–H groups in total. The van der Waals surface area contributed by atoms with E-state index in [1.54, 1.807) is 42.5 Å². The minimum Gasteiger partial charge on any atom is -0.456 e. The number of anilines is 1. The van der Waals surface area contributed by atoms with Crippen LogP contribution in [0.1, 0.15) is 10.4 Å². The molecule has 2 aromatic carbocycles. The first-order chi connectivity index (χ1) is 11.8. The molecule has 0 amide bonds. The summed E-state index contributed by atoms with van der Waals surface area (Å²) in [5.41, 5.74) is 0.645. The van der Waals surface area contributed by atoms with Gasteiger partial charge >= 0.3 is 5.97 Å². The summed E-state index contributed by atoms with van der Waals surface area (Å²) in [5, 5.41) is 0.332. The quantitative estimate of drug-likeness (QED) is 0.543. The van der Waals surface area contributed by atoms with Crippen LogP contribution in [0.3, 0.4) is 0 Å². The molecule has 0 aromatic heterocycles. The molecule has 2 rings (SSSR count). The van der Waals surface area contributed by atoms with Crippen molar-refractivity contribution in [2.24, 2.45) is 0 Å². The topological polar surface area (TPSA) is 80.8 Å². The van der Waals surface area contributed by atoms with E-state index in [1.165, 1.54) is 12.1 Å². The van der Waals surface area contributed by atoms with Crippen molar-refractivity contribution in [1.82, 2.24) is 0 Å². The molecule has 6 nitrogen and oxygen atoms in total. The molecular formula is C17H16ClNO5S.